The van der Waals surface area contributed by atoms with Crippen molar-refractivity contribution in [3.05, 3.63) is 29.3 Å². The van der Waals surface area contributed by atoms with Crippen LogP contribution in [0.1, 0.15) is 31.9 Å². The molecule has 0 aliphatic carbocycles. The molecule has 2 heteroatoms. The number of hydrogen-bond donors (Lipinski definition) is 1. The van der Waals surface area contributed by atoms with Crippen LogP contribution in [0.3, 0.4) is 0 Å². The van der Waals surface area contributed by atoms with Crippen LogP contribution in [0.25, 0.3) is 0 Å². The Labute approximate surface area is 98.3 Å². The smallest absolute Gasteiger partial charge is 0.122 e. The number of ether oxygens (including phenoxy) is 1. The van der Waals surface area contributed by atoms with Gasteiger partial charge in [-0.15, -0.1) is 0 Å². The second-order valence-corrected chi connectivity index (χ2v) is 5.21. The summed E-state index contributed by atoms with van der Waals surface area (Å²) in [6.45, 7) is 6.61. The molecule has 15 heavy (non-hydrogen) atoms. The first-order valence-electron chi connectivity index (χ1n) is 5.27. The maximum Gasteiger partial charge on any atom is 0.122 e. The van der Waals surface area contributed by atoms with E-state index < -0.39 is 0 Å². The lowest BCUT2D eigenvalue weighted by Crippen LogP contribution is -2.13. The summed E-state index contributed by atoms with van der Waals surface area (Å²) in [7, 11) is 1.73. The molecule has 1 aromatic carbocycles. The first-order valence-corrected chi connectivity index (χ1v) is 5.90. The molecule has 0 atom stereocenters. The van der Waals surface area contributed by atoms with Crippen LogP contribution in [0.15, 0.2) is 18.2 Å². The van der Waals surface area contributed by atoms with Crippen molar-refractivity contribution in [2.75, 3.05) is 12.9 Å². The van der Waals surface area contributed by atoms with Crippen molar-refractivity contribution in [2.24, 2.45) is 0 Å². The summed E-state index contributed by atoms with van der Waals surface area (Å²) in [6, 6.07) is 6.40. The molecule has 1 nitrogen and oxygen atoms in total. The van der Waals surface area contributed by atoms with E-state index in [-0.39, 0.29) is 5.41 Å². The molecule has 0 aliphatic heterocycles. The maximum absolute atomic E-state index is 5.39. The van der Waals surface area contributed by atoms with Gasteiger partial charge in [-0.2, -0.15) is 12.6 Å². The monoisotopic (exact) mass is 224 g/mol. The summed E-state index contributed by atoms with van der Waals surface area (Å²) >= 11 is 4.26. The Morgan fingerprint density at radius 2 is 1.93 bits per heavy atom. The highest BCUT2D eigenvalue weighted by Gasteiger charge is 2.18. The zero-order valence-corrected chi connectivity index (χ0v) is 10.9. The molecule has 0 saturated heterocycles. The second kappa shape index (κ2) is 4.93. The molecule has 1 rings (SSSR count). The van der Waals surface area contributed by atoms with Gasteiger partial charge in [0.05, 0.1) is 7.11 Å². The van der Waals surface area contributed by atoms with Crippen LogP contribution in [-0.2, 0) is 11.8 Å². The van der Waals surface area contributed by atoms with Crippen LogP contribution >= 0.6 is 12.6 Å². The largest absolute Gasteiger partial charge is 0.496 e. The van der Waals surface area contributed by atoms with Crippen molar-refractivity contribution in [1.29, 1.82) is 0 Å². The maximum atomic E-state index is 5.39. The lowest BCUT2D eigenvalue weighted by molar-refractivity contribution is 0.397. The van der Waals surface area contributed by atoms with Crippen molar-refractivity contribution < 1.29 is 4.74 Å². The minimum absolute atomic E-state index is 0.123. The Hall–Kier alpha value is -0.630. The van der Waals surface area contributed by atoms with E-state index in [0.29, 0.717) is 0 Å². The van der Waals surface area contributed by atoms with Gasteiger partial charge in [0.25, 0.3) is 0 Å². The van der Waals surface area contributed by atoms with E-state index in [1.807, 2.05) is 0 Å². The summed E-state index contributed by atoms with van der Waals surface area (Å²) in [4.78, 5) is 0. The van der Waals surface area contributed by atoms with Gasteiger partial charge in [0, 0.05) is 0 Å². The van der Waals surface area contributed by atoms with Crippen molar-refractivity contribution in [2.45, 2.75) is 32.6 Å². The highest BCUT2D eigenvalue weighted by molar-refractivity contribution is 7.80. The third-order valence-corrected chi connectivity index (χ3v) is 2.70. The van der Waals surface area contributed by atoms with E-state index >= 15 is 0 Å². The molecule has 0 aliphatic rings. The molecule has 0 fully saturated rings. The van der Waals surface area contributed by atoms with Crippen LogP contribution in [0.5, 0.6) is 5.75 Å². The number of methoxy groups -OCH3 is 1. The third-order valence-electron chi connectivity index (χ3n) is 2.47. The van der Waals surface area contributed by atoms with Gasteiger partial charge in [-0.25, -0.2) is 0 Å². The minimum atomic E-state index is 0.123. The van der Waals surface area contributed by atoms with E-state index in [2.05, 4.69) is 51.6 Å². The van der Waals surface area contributed by atoms with Gasteiger partial charge in [0.1, 0.15) is 5.75 Å². The van der Waals surface area contributed by atoms with Gasteiger partial charge in [0.2, 0.25) is 0 Å². The van der Waals surface area contributed by atoms with Gasteiger partial charge < -0.3 is 4.74 Å². The molecule has 0 unspecified atom stereocenters. The summed E-state index contributed by atoms with van der Waals surface area (Å²) in [5.74, 6) is 1.86. The number of aryl methyl sites for hydroxylation is 1. The average Bonchev–Trinajstić information content (AvgIpc) is 2.17. The Morgan fingerprint density at radius 1 is 1.27 bits per heavy atom. The predicted molar refractivity (Wildman–Crippen MR) is 69.3 cm³/mol. The zero-order valence-electron chi connectivity index (χ0n) is 10.0. The van der Waals surface area contributed by atoms with E-state index in [9.17, 15) is 0 Å². The normalized spacial score (nSPS) is 11.5. The Kier molecular flexibility index (Phi) is 4.09. The van der Waals surface area contributed by atoms with Gasteiger partial charge >= 0.3 is 0 Å². The van der Waals surface area contributed by atoms with E-state index in [1.165, 1.54) is 11.1 Å². The summed E-state index contributed by atoms with van der Waals surface area (Å²) in [5, 5.41) is 0. The molecule has 0 N–H and O–H groups in total. The molecular formula is C13H20OS. The first-order chi connectivity index (χ1) is 6.99. The number of thiol groups is 1. The van der Waals surface area contributed by atoms with Crippen LogP contribution in [0.2, 0.25) is 0 Å². The van der Waals surface area contributed by atoms with Crippen LogP contribution in [0.4, 0.5) is 0 Å². The lowest BCUT2D eigenvalue weighted by atomic mass is 9.85. The van der Waals surface area contributed by atoms with E-state index in [4.69, 9.17) is 4.74 Å². The van der Waals surface area contributed by atoms with Gasteiger partial charge in [-0.1, -0.05) is 32.9 Å². The predicted octanol–water partition coefficient (Wildman–Crippen LogP) is 3.47. The quantitative estimate of drug-likeness (QED) is 0.774. The summed E-state index contributed by atoms with van der Waals surface area (Å²) in [5.41, 5.74) is 2.72. The first kappa shape index (κ1) is 12.4. The van der Waals surface area contributed by atoms with Gasteiger partial charge in [-0.3, -0.25) is 0 Å². The van der Waals surface area contributed by atoms with Crippen LogP contribution in [-0.4, -0.2) is 12.9 Å². The average molecular weight is 224 g/mol. The van der Waals surface area contributed by atoms with Crippen molar-refractivity contribution in [3.63, 3.8) is 0 Å². The van der Waals surface area contributed by atoms with Gasteiger partial charge in [-0.05, 0) is 34.8 Å². The summed E-state index contributed by atoms with van der Waals surface area (Å²) in [6.07, 6.45) is 1.01. The number of hydrogen-bond acceptors (Lipinski definition) is 2. The molecule has 0 bridgehead atoms. The molecule has 0 amide bonds. The SMILES string of the molecule is COc1ccc(CCS)cc1C(C)(C)C. The number of rotatable bonds is 3. The highest BCUT2D eigenvalue weighted by Crippen LogP contribution is 2.32. The van der Waals surface area contributed by atoms with Crippen LogP contribution in [0, 0.1) is 0 Å². The molecule has 0 aromatic heterocycles. The highest BCUT2D eigenvalue weighted by atomic mass is 32.1. The molecular weight excluding hydrogens is 204 g/mol. The standard InChI is InChI=1S/C13H20OS/c1-13(2,3)11-9-10(7-8-15)5-6-12(11)14-4/h5-6,9,15H,7-8H2,1-4H3. The Bertz CT molecular complexity index is 326. The molecule has 0 spiro atoms. The number of benzene rings is 1. The van der Waals surface area contributed by atoms with E-state index in [1.54, 1.807) is 7.11 Å². The third kappa shape index (κ3) is 3.16. The Balaban J connectivity index is 3.13. The van der Waals surface area contributed by atoms with E-state index in [0.717, 1.165) is 17.9 Å². The van der Waals surface area contributed by atoms with Crippen molar-refractivity contribution in [1.82, 2.24) is 0 Å². The minimum Gasteiger partial charge on any atom is -0.496 e. The fourth-order valence-electron chi connectivity index (χ4n) is 1.63. The molecule has 0 heterocycles. The molecule has 0 radical (unpaired) electrons. The second-order valence-electron chi connectivity index (χ2n) is 4.76. The van der Waals surface area contributed by atoms with Crippen molar-refractivity contribution in [3.8, 4) is 5.75 Å². The van der Waals surface area contributed by atoms with Gasteiger partial charge in [0.15, 0.2) is 0 Å². The molecule has 1 aromatic rings. The van der Waals surface area contributed by atoms with Crippen molar-refractivity contribution >= 4 is 12.6 Å². The summed E-state index contributed by atoms with van der Waals surface area (Å²) < 4.78 is 5.39. The lowest BCUT2D eigenvalue weighted by Gasteiger charge is -2.22. The molecule has 0 saturated carbocycles. The topological polar surface area (TPSA) is 9.23 Å². The molecule has 84 valence electrons. The fraction of sp³-hybridized carbons (Fsp3) is 0.538. The zero-order chi connectivity index (χ0) is 11.5. The Morgan fingerprint density at radius 3 is 2.40 bits per heavy atom. The van der Waals surface area contributed by atoms with Crippen LogP contribution < -0.4 is 4.74 Å². The fourth-order valence-corrected chi connectivity index (χ4v) is 1.88.